The summed E-state index contributed by atoms with van der Waals surface area (Å²) in [4.78, 5) is 11.2. The fraction of sp³-hybridized carbons (Fsp3) is 0.400. The van der Waals surface area contributed by atoms with Crippen LogP contribution in [0.25, 0.3) is 0 Å². The maximum absolute atomic E-state index is 11.2. The monoisotopic (exact) mass is 342 g/mol. The zero-order chi connectivity index (χ0) is 18.3. The maximum Gasteiger partial charge on any atom is 0.129 e. The third kappa shape index (κ3) is 5.96. The van der Waals surface area contributed by atoms with E-state index in [0.717, 1.165) is 11.1 Å². The van der Waals surface area contributed by atoms with Crippen molar-refractivity contribution in [3.05, 3.63) is 70.1 Å². The molecule has 0 amide bonds. The highest BCUT2D eigenvalue weighted by atomic mass is 16.5. The quantitative estimate of drug-likeness (QED) is 0.713. The van der Waals surface area contributed by atoms with Crippen molar-refractivity contribution in [2.45, 2.75) is 45.6 Å². The Labute approximate surface area is 149 Å². The molecule has 5 nitrogen and oxygen atoms in total. The largest absolute Gasteiger partial charge is 0.489 e. The second-order valence-electron chi connectivity index (χ2n) is 7.05. The summed E-state index contributed by atoms with van der Waals surface area (Å²) in [7, 11) is 0. The van der Waals surface area contributed by atoms with Crippen LogP contribution in [0.1, 0.15) is 43.5 Å². The van der Waals surface area contributed by atoms with Gasteiger partial charge in [0.2, 0.25) is 0 Å². The molecule has 1 atom stereocenters. The number of aliphatic hydroxyl groups is 1. The number of benzene rings is 2. The van der Waals surface area contributed by atoms with Crippen LogP contribution in [0.4, 0.5) is 0 Å². The summed E-state index contributed by atoms with van der Waals surface area (Å²) < 4.78 is 5.81. The molecular formula is C20H26N2O3. The molecule has 0 spiro atoms. The van der Waals surface area contributed by atoms with Crippen molar-refractivity contribution in [3.63, 3.8) is 0 Å². The van der Waals surface area contributed by atoms with Gasteiger partial charge in [-0.3, -0.25) is 0 Å². The first-order chi connectivity index (χ1) is 11.9. The molecule has 2 N–H and O–H groups in total. The van der Waals surface area contributed by atoms with Crippen LogP contribution in [0, 0.1) is 4.91 Å². The van der Waals surface area contributed by atoms with E-state index in [2.05, 4.69) is 10.5 Å². The average Bonchev–Trinajstić information content (AvgIpc) is 2.60. The number of rotatable bonds is 8. The number of hydrogen-bond acceptors (Lipinski definition) is 5. The summed E-state index contributed by atoms with van der Waals surface area (Å²) in [5, 5.41) is 16.2. The molecule has 0 radical (unpaired) electrons. The summed E-state index contributed by atoms with van der Waals surface area (Å²) in [5.74, 6) is 0.614. The van der Waals surface area contributed by atoms with Crippen LogP contribution in [-0.4, -0.2) is 17.2 Å². The molecule has 2 rings (SSSR count). The Morgan fingerprint density at radius 3 is 2.48 bits per heavy atom. The number of ether oxygens (including phenoxy) is 1. The van der Waals surface area contributed by atoms with Gasteiger partial charge in [-0.15, -0.1) is 0 Å². The van der Waals surface area contributed by atoms with Gasteiger partial charge in [0.25, 0.3) is 0 Å². The number of nitrogens with zero attached hydrogens (tertiary/aromatic N) is 1. The zero-order valence-electron chi connectivity index (χ0n) is 15.0. The van der Waals surface area contributed by atoms with Crippen LogP contribution in [0.3, 0.4) is 0 Å². The topological polar surface area (TPSA) is 70.9 Å². The number of nitrogens with one attached hydrogen (secondary N) is 1. The van der Waals surface area contributed by atoms with Gasteiger partial charge in [-0.2, -0.15) is 4.91 Å². The molecule has 0 saturated heterocycles. The highest BCUT2D eigenvalue weighted by Crippen LogP contribution is 2.26. The van der Waals surface area contributed by atoms with E-state index in [4.69, 9.17) is 4.74 Å². The van der Waals surface area contributed by atoms with Gasteiger partial charge in [0, 0.05) is 17.6 Å². The summed E-state index contributed by atoms with van der Waals surface area (Å²) in [6, 6.07) is 14.7. The van der Waals surface area contributed by atoms with Crippen molar-refractivity contribution in [1.29, 1.82) is 0 Å². The zero-order valence-corrected chi connectivity index (χ0v) is 15.0. The maximum atomic E-state index is 11.2. The SMILES string of the molecule is CC(C)(C)NCC(N=O)c1ccc(OCc2ccccc2)c(CO)c1. The molecule has 2 aromatic carbocycles. The average molecular weight is 342 g/mol. The second-order valence-corrected chi connectivity index (χ2v) is 7.05. The van der Waals surface area contributed by atoms with Gasteiger partial charge in [0.15, 0.2) is 0 Å². The van der Waals surface area contributed by atoms with Crippen molar-refractivity contribution in [2.75, 3.05) is 6.54 Å². The minimum atomic E-state index is -0.507. The first-order valence-corrected chi connectivity index (χ1v) is 8.41. The molecule has 134 valence electrons. The minimum absolute atomic E-state index is 0.0958. The molecule has 0 saturated carbocycles. The van der Waals surface area contributed by atoms with E-state index in [1.54, 1.807) is 12.1 Å². The van der Waals surface area contributed by atoms with E-state index in [1.807, 2.05) is 57.2 Å². The Balaban J connectivity index is 2.10. The first kappa shape index (κ1) is 19.1. The Morgan fingerprint density at radius 2 is 1.88 bits per heavy atom. The van der Waals surface area contributed by atoms with Crippen molar-refractivity contribution < 1.29 is 9.84 Å². The third-order valence-electron chi connectivity index (χ3n) is 3.83. The van der Waals surface area contributed by atoms with Crippen LogP contribution >= 0.6 is 0 Å². The summed E-state index contributed by atoms with van der Waals surface area (Å²) in [6.45, 7) is 6.82. The summed E-state index contributed by atoms with van der Waals surface area (Å²) in [5.41, 5.74) is 2.37. The Bertz CT molecular complexity index is 681. The van der Waals surface area contributed by atoms with Crippen LogP contribution in [0.2, 0.25) is 0 Å². The van der Waals surface area contributed by atoms with Gasteiger partial charge in [0.1, 0.15) is 18.4 Å². The molecule has 5 heteroatoms. The van der Waals surface area contributed by atoms with Gasteiger partial charge in [-0.05, 0) is 44.0 Å². The second kappa shape index (κ2) is 8.74. The molecular weight excluding hydrogens is 316 g/mol. The van der Waals surface area contributed by atoms with Crippen LogP contribution in [-0.2, 0) is 13.2 Å². The van der Waals surface area contributed by atoms with Crippen molar-refractivity contribution in [2.24, 2.45) is 5.18 Å². The standard InChI is InChI=1S/C20H26N2O3/c1-20(2,3)21-12-18(22-24)16-9-10-19(17(11-16)13-23)25-14-15-7-5-4-6-8-15/h4-11,18,21,23H,12-14H2,1-3H3. The third-order valence-corrected chi connectivity index (χ3v) is 3.83. The molecule has 1 unspecified atom stereocenters. The van der Waals surface area contributed by atoms with Crippen LogP contribution < -0.4 is 10.1 Å². The van der Waals surface area contributed by atoms with E-state index in [9.17, 15) is 10.0 Å². The lowest BCUT2D eigenvalue weighted by molar-refractivity contribution is 0.258. The fourth-order valence-corrected chi connectivity index (χ4v) is 2.43. The van der Waals surface area contributed by atoms with E-state index in [0.29, 0.717) is 24.5 Å². The molecule has 0 aliphatic rings. The lowest BCUT2D eigenvalue weighted by atomic mass is 10.0. The first-order valence-electron chi connectivity index (χ1n) is 8.41. The predicted molar refractivity (Wildman–Crippen MR) is 99.4 cm³/mol. The lowest BCUT2D eigenvalue weighted by Gasteiger charge is -2.23. The summed E-state index contributed by atoms with van der Waals surface area (Å²) in [6.07, 6.45) is 0. The Kier molecular flexibility index (Phi) is 6.67. The molecule has 0 fully saturated rings. The van der Waals surface area contributed by atoms with Crippen molar-refractivity contribution >= 4 is 0 Å². The van der Waals surface area contributed by atoms with E-state index < -0.39 is 6.04 Å². The molecule has 0 aliphatic heterocycles. The Morgan fingerprint density at radius 1 is 1.16 bits per heavy atom. The normalized spacial score (nSPS) is 12.6. The smallest absolute Gasteiger partial charge is 0.129 e. The van der Waals surface area contributed by atoms with E-state index >= 15 is 0 Å². The van der Waals surface area contributed by atoms with Gasteiger partial charge in [-0.1, -0.05) is 41.6 Å². The van der Waals surface area contributed by atoms with Crippen molar-refractivity contribution in [3.8, 4) is 5.75 Å². The molecule has 0 heterocycles. The van der Waals surface area contributed by atoms with Gasteiger partial charge in [-0.25, -0.2) is 0 Å². The van der Waals surface area contributed by atoms with Crippen LogP contribution in [0.5, 0.6) is 5.75 Å². The minimum Gasteiger partial charge on any atom is -0.489 e. The number of aliphatic hydroxyl groups excluding tert-OH is 1. The fourth-order valence-electron chi connectivity index (χ4n) is 2.43. The van der Waals surface area contributed by atoms with Gasteiger partial charge < -0.3 is 15.2 Å². The Hall–Kier alpha value is -2.24. The molecule has 0 bridgehead atoms. The van der Waals surface area contributed by atoms with Gasteiger partial charge >= 0.3 is 0 Å². The van der Waals surface area contributed by atoms with Gasteiger partial charge in [0.05, 0.1) is 6.61 Å². The summed E-state index contributed by atoms with van der Waals surface area (Å²) >= 11 is 0. The lowest BCUT2D eigenvalue weighted by Crippen LogP contribution is -2.38. The molecule has 0 aromatic heterocycles. The van der Waals surface area contributed by atoms with E-state index in [1.165, 1.54) is 0 Å². The predicted octanol–water partition coefficient (Wildman–Crippen LogP) is 3.95. The highest BCUT2D eigenvalue weighted by molar-refractivity contribution is 5.38. The molecule has 2 aromatic rings. The van der Waals surface area contributed by atoms with Crippen molar-refractivity contribution in [1.82, 2.24) is 5.32 Å². The van der Waals surface area contributed by atoms with E-state index in [-0.39, 0.29) is 12.1 Å². The van der Waals surface area contributed by atoms with Crippen LogP contribution in [0.15, 0.2) is 53.7 Å². The number of hydrogen-bond donors (Lipinski definition) is 2. The molecule has 0 aliphatic carbocycles. The number of nitroso groups, excluding NO2 is 1. The molecule has 25 heavy (non-hydrogen) atoms. The highest BCUT2D eigenvalue weighted by Gasteiger charge is 2.18.